The van der Waals surface area contributed by atoms with E-state index < -0.39 is 18.2 Å². The first-order valence-electron chi connectivity index (χ1n) is 4.92. The van der Waals surface area contributed by atoms with Gasteiger partial charge in [-0.2, -0.15) is 0 Å². The first kappa shape index (κ1) is 14.6. The Morgan fingerprint density at radius 1 is 1.35 bits per heavy atom. The zero-order valence-corrected chi connectivity index (χ0v) is 12.0. The Kier molecular flexibility index (Phi) is 5.58. The van der Waals surface area contributed by atoms with Crippen LogP contribution in [-0.4, -0.2) is 32.7 Å². The van der Waals surface area contributed by atoms with Crippen molar-refractivity contribution in [3.63, 3.8) is 0 Å². The van der Waals surface area contributed by atoms with E-state index in [1.54, 1.807) is 6.07 Å². The Hall–Kier alpha value is -0.430. The van der Waals surface area contributed by atoms with Crippen LogP contribution < -0.4 is 0 Å². The van der Waals surface area contributed by atoms with Crippen LogP contribution in [-0.2, 0) is 0 Å². The van der Waals surface area contributed by atoms with Crippen LogP contribution in [0, 0.1) is 0 Å². The fourth-order valence-corrected chi connectivity index (χ4v) is 2.30. The number of hydrogen-bond acceptors (Lipinski definition) is 3. The van der Waals surface area contributed by atoms with Gasteiger partial charge in [-0.1, -0.05) is 31.9 Å². The van der Waals surface area contributed by atoms with Gasteiger partial charge in [-0.15, -0.1) is 0 Å². The second-order valence-electron chi connectivity index (χ2n) is 3.53. The van der Waals surface area contributed by atoms with Crippen LogP contribution in [0.2, 0.25) is 0 Å². The van der Waals surface area contributed by atoms with Crippen LogP contribution in [0.1, 0.15) is 28.4 Å². The number of benzene rings is 1. The highest BCUT2D eigenvalue weighted by Gasteiger charge is 2.23. The van der Waals surface area contributed by atoms with E-state index in [0.717, 1.165) is 0 Å². The first-order chi connectivity index (χ1) is 7.97. The Labute approximate surface area is 116 Å². The smallest absolute Gasteiger partial charge is 0.336 e. The van der Waals surface area contributed by atoms with Gasteiger partial charge in [0.2, 0.25) is 0 Å². The number of halogens is 2. The van der Waals surface area contributed by atoms with Crippen molar-refractivity contribution in [2.45, 2.75) is 18.6 Å². The van der Waals surface area contributed by atoms with Gasteiger partial charge in [0.05, 0.1) is 11.7 Å². The molecule has 0 radical (unpaired) electrons. The van der Waals surface area contributed by atoms with Gasteiger partial charge in [0.15, 0.2) is 0 Å². The molecule has 0 amide bonds. The van der Waals surface area contributed by atoms with Crippen molar-refractivity contribution >= 4 is 37.8 Å². The molecule has 0 spiro atoms. The summed E-state index contributed by atoms with van der Waals surface area (Å²) >= 11 is 6.36. The minimum Gasteiger partial charge on any atom is -0.478 e. The summed E-state index contributed by atoms with van der Waals surface area (Å²) in [5, 5.41) is 29.1. The molecule has 2 unspecified atom stereocenters. The summed E-state index contributed by atoms with van der Waals surface area (Å²) in [5.41, 5.74) is 0.203. The highest BCUT2D eigenvalue weighted by Crippen LogP contribution is 2.26. The molecule has 0 bridgehead atoms. The number of alkyl halides is 1. The largest absolute Gasteiger partial charge is 0.478 e. The van der Waals surface area contributed by atoms with Crippen molar-refractivity contribution in [2.24, 2.45) is 0 Å². The molecule has 4 nitrogen and oxygen atoms in total. The summed E-state index contributed by atoms with van der Waals surface area (Å²) in [6.07, 6.45) is -1.87. The number of hydrogen-bond donors (Lipinski definition) is 3. The Morgan fingerprint density at radius 3 is 2.53 bits per heavy atom. The standard InChI is InChI=1S/C11H12Br2O4/c12-4-3-9(14)10(15)8-5-6(13)1-2-7(8)11(16)17/h1-2,5,9-10,14-15H,3-4H2,(H,16,17). The van der Waals surface area contributed by atoms with E-state index in [1.165, 1.54) is 12.1 Å². The Balaban J connectivity index is 3.10. The van der Waals surface area contributed by atoms with Gasteiger partial charge in [0, 0.05) is 9.80 Å². The van der Waals surface area contributed by atoms with Gasteiger partial charge in [-0.05, 0) is 30.2 Å². The van der Waals surface area contributed by atoms with Crippen LogP contribution in [0.4, 0.5) is 0 Å². The molecule has 0 aromatic heterocycles. The average molecular weight is 368 g/mol. The normalized spacial score (nSPS) is 14.4. The van der Waals surface area contributed by atoms with Crippen molar-refractivity contribution < 1.29 is 20.1 Å². The zero-order valence-electron chi connectivity index (χ0n) is 8.81. The Bertz CT molecular complexity index is 408. The fourth-order valence-electron chi connectivity index (χ4n) is 1.45. The van der Waals surface area contributed by atoms with Crippen molar-refractivity contribution in [2.75, 3.05) is 5.33 Å². The predicted octanol–water partition coefficient (Wildman–Crippen LogP) is 2.33. The molecule has 0 aliphatic heterocycles. The molecule has 2 atom stereocenters. The molecule has 1 aromatic rings. The maximum Gasteiger partial charge on any atom is 0.336 e. The second-order valence-corrected chi connectivity index (χ2v) is 5.24. The number of rotatable bonds is 5. The quantitative estimate of drug-likeness (QED) is 0.698. The summed E-state index contributed by atoms with van der Waals surface area (Å²) in [4.78, 5) is 11.0. The maximum atomic E-state index is 11.0. The van der Waals surface area contributed by atoms with E-state index in [1.807, 2.05) is 0 Å². The van der Waals surface area contributed by atoms with Gasteiger partial charge in [0.1, 0.15) is 6.10 Å². The molecule has 0 saturated heterocycles. The minimum atomic E-state index is -1.21. The number of aliphatic hydroxyl groups excluding tert-OH is 2. The molecule has 3 N–H and O–H groups in total. The van der Waals surface area contributed by atoms with E-state index >= 15 is 0 Å². The highest BCUT2D eigenvalue weighted by molar-refractivity contribution is 9.10. The number of carboxylic acid groups (broad SMARTS) is 1. The van der Waals surface area contributed by atoms with Crippen molar-refractivity contribution in [1.29, 1.82) is 0 Å². The zero-order chi connectivity index (χ0) is 13.0. The van der Waals surface area contributed by atoms with E-state index in [4.69, 9.17) is 5.11 Å². The molecule has 94 valence electrons. The van der Waals surface area contributed by atoms with Gasteiger partial charge in [0.25, 0.3) is 0 Å². The summed E-state index contributed by atoms with van der Waals surface area (Å²) in [6, 6.07) is 4.48. The SMILES string of the molecule is O=C(O)c1ccc(Br)cc1C(O)C(O)CCBr. The molecule has 6 heteroatoms. The number of carboxylic acids is 1. The third kappa shape index (κ3) is 3.77. The predicted molar refractivity (Wildman–Crippen MR) is 70.5 cm³/mol. The summed E-state index contributed by atoms with van der Waals surface area (Å²) < 4.78 is 0.655. The maximum absolute atomic E-state index is 11.0. The second kappa shape index (κ2) is 6.49. The lowest BCUT2D eigenvalue weighted by molar-refractivity contribution is 0.0163. The van der Waals surface area contributed by atoms with E-state index in [9.17, 15) is 15.0 Å². The van der Waals surface area contributed by atoms with Crippen LogP contribution in [0.15, 0.2) is 22.7 Å². The first-order valence-corrected chi connectivity index (χ1v) is 6.83. The van der Waals surface area contributed by atoms with E-state index in [2.05, 4.69) is 31.9 Å². The summed E-state index contributed by atoms with van der Waals surface area (Å²) in [5.74, 6) is -1.13. The van der Waals surface area contributed by atoms with Crippen LogP contribution in [0.3, 0.4) is 0 Å². The van der Waals surface area contributed by atoms with Crippen molar-refractivity contribution in [3.05, 3.63) is 33.8 Å². The topological polar surface area (TPSA) is 77.8 Å². The van der Waals surface area contributed by atoms with Crippen molar-refractivity contribution in [1.82, 2.24) is 0 Å². The molecule has 0 fully saturated rings. The molecular weight excluding hydrogens is 356 g/mol. The van der Waals surface area contributed by atoms with Crippen molar-refractivity contribution in [3.8, 4) is 0 Å². The highest BCUT2D eigenvalue weighted by atomic mass is 79.9. The van der Waals surface area contributed by atoms with Crippen LogP contribution in [0.25, 0.3) is 0 Å². The lowest BCUT2D eigenvalue weighted by Crippen LogP contribution is -2.21. The number of carbonyl (C=O) groups is 1. The summed E-state index contributed by atoms with van der Waals surface area (Å²) in [7, 11) is 0. The number of aromatic carboxylic acids is 1. The van der Waals surface area contributed by atoms with Crippen LogP contribution >= 0.6 is 31.9 Å². The molecule has 0 saturated carbocycles. The molecule has 1 rings (SSSR count). The third-order valence-electron chi connectivity index (χ3n) is 2.33. The molecular formula is C11H12Br2O4. The molecule has 0 aliphatic carbocycles. The monoisotopic (exact) mass is 366 g/mol. The molecule has 17 heavy (non-hydrogen) atoms. The van der Waals surface area contributed by atoms with E-state index in [0.29, 0.717) is 16.2 Å². The number of aliphatic hydroxyl groups is 2. The minimum absolute atomic E-state index is 0.00526. The lowest BCUT2D eigenvalue weighted by atomic mass is 9.97. The third-order valence-corrected chi connectivity index (χ3v) is 3.28. The van der Waals surface area contributed by atoms with Gasteiger partial charge < -0.3 is 15.3 Å². The molecule has 0 aliphatic rings. The van der Waals surface area contributed by atoms with Crippen LogP contribution in [0.5, 0.6) is 0 Å². The van der Waals surface area contributed by atoms with Gasteiger partial charge in [-0.3, -0.25) is 0 Å². The average Bonchev–Trinajstić information content (AvgIpc) is 2.27. The fraction of sp³-hybridized carbons (Fsp3) is 0.364. The molecule has 1 aromatic carbocycles. The van der Waals surface area contributed by atoms with Gasteiger partial charge in [-0.25, -0.2) is 4.79 Å². The van der Waals surface area contributed by atoms with Gasteiger partial charge >= 0.3 is 5.97 Å². The molecule has 0 heterocycles. The lowest BCUT2D eigenvalue weighted by Gasteiger charge is -2.19. The van der Waals surface area contributed by atoms with E-state index in [-0.39, 0.29) is 11.1 Å². The Morgan fingerprint density at radius 2 is 2.00 bits per heavy atom. The summed E-state index contributed by atoms with van der Waals surface area (Å²) in [6.45, 7) is 0.